The van der Waals surface area contributed by atoms with Crippen molar-refractivity contribution in [1.82, 2.24) is 5.32 Å². The molecule has 0 aromatic heterocycles. The van der Waals surface area contributed by atoms with E-state index >= 15 is 0 Å². The number of hydrogen-bond donors (Lipinski definition) is 1. The van der Waals surface area contributed by atoms with Crippen molar-refractivity contribution >= 4 is 17.7 Å². The zero-order chi connectivity index (χ0) is 21.7. The summed E-state index contributed by atoms with van der Waals surface area (Å²) in [5.41, 5.74) is 2.79. The predicted molar refractivity (Wildman–Crippen MR) is 128 cm³/mol. The monoisotopic (exact) mass is 431 g/mol. The lowest BCUT2D eigenvalue weighted by Crippen LogP contribution is -2.44. The van der Waals surface area contributed by atoms with E-state index in [-0.39, 0.29) is 17.6 Å². The molecule has 1 atom stereocenters. The van der Waals surface area contributed by atoms with Gasteiger partial charge in [-0.1, -0.05) is 74.5 Å². The maximum Gasteiger partial charge on any atom is 0.252 e. The van der Waals surface area contributed by atoms with Gasteiger partial charge in [0, 0.05) is 22.6 Å². The molecule has 31 heavy (non-hydrogen) atoms. The van der Waals surface area contributed by atoms with Crippen LogP contribution in [0.2, 0.25) is 0 Å². The molecular formula is C27H29NO2S. The SMILES string of the molecule is CCC1(CC)C[C@H](NC(=O)c2ccccc2SCc2ccccc2)c2ccccc2O1. The molecule has 0 fully saturated rings. The van der Waals surface area contributed by atoms with Gasteiger partial charge in [-0.05, 0) is 36.6 Å². The fraction of sp³-hybridized carbons (Fsp3) is 0.296. The average molecular weight is 432 g/mol. The number of fused-ring (bicyclic) bond motifs is 1. The molecule has 0 radical (unpaired) electrons. The van der Waals surface area contributed by atoms with Gasteiger partial charge in [-0.15, -0.1) is 11.8 Å². The lowest BCUT2D eigenvalue weighted by atomic mass is 9.83. The van der Waals surface area contributed by atoms with Crippen molar-refractivity contribution < 1.29 is 9.53 Å². The molecule has 0 unspecified atom stereocenters. The van der Waals surface area contributed by atoms with E-state index in [0.717, 1.165) is 46.8 Å². The van der Waals surface area contributed by atoms with E-state index in [1.807, 2.05) is 60.7 Å². The Morgan fingerprint density at radius 1 is 0.968 bits per heavy atom. The molecule has 1 amide bonds. The van der Waals surface area contributed by atoms with Crippen LogP contribution in [0.25, 0.3) is 0 Å². The summed E-state index contributed by atoms with van der Waals surface area (Å²) in [4.78, 5) is 14.4. The second-order valence-electron chi connectivity index (χ2n) is 8.03. The molecule has 0 saturated carbocycles. The molecule has 3 nitrogen and oxygen atoms in total. The van der Waals surface area contributed by atoms with E-state index < -0.39 is 0 Å². The number of rotatable bonds is 7. The molecule has 1 aliphatic rings. The van der Waals surface area contributed by atoms with Crippen LogP contribution >= 0.6 is 11.8 Å². The minimum atomic E-state index is -0.242. The highest BCUT2D eigenvalue weighted by Crippen LogP contribution is 2.42. The van der Waals surface area contributed by atoms with E-state index in [1.54, 1.807) is 11.8 Å². The number of benzene rings is 3. The summed E-state index contributed by atoms with van der Waals surface area (Å²) < 4.78 is 6.39. The molecule has 3 aromatic rings. The van der Waals surface area contributed by atoms with Crippen molar-refractivity contribution in [2.24, 2.45) is 0 Å². The smallest absolute Gasteiger partial charge is 0.252 e. The van der Waals surface area contributed by atoms with Gasteiger partial charge >= 0.3 is 0 Å². The number of nitrogens with one attached hydrogen (secondary N) is 1. The second-order valence-corrected chi connectivity index (χ2v) is 9.05. The summed E-state index contributed by atoms with van der Waals surface area (Å²) in [6.45, 7) is 4.32. The predicted octanol–water partition coefficient (Wildman–Crippen LogP) is 6.79. The summed E-state index contributed by atoms with van der Waals surface area (Å²) in [6.07, 6.45) is 2.60. The quantitative estimate of drug-likeness (QED) is 0.419. The van der Waals surface area contributed by atoms with Crippen LogP contribution in [0.5, 0.6) is 5.75 Å². The Morgan fingerprint density at radius 3 is 2.42 bits per heavy atom. The van der Waals surface area contributed by atoms with Gasteiger partial charge in [0.2, 0.25) is 0 Å². The maximum absolute atomic E-state index is 13.4. The van der Waals surface area contributed by atoms with Crippen LogP contribution in [-0.4, -0.2) is 11.5 Å². The van der Waals surface area contributed by atoms with E-state index in [4.69, 9.17) is 4.74 Å². The number of hydrogen-bond acceptors (Lipinski definition) is 3. The third kappa shape index (κ3) is 4.80. The van der Waals surface area contributed by atoms with Gasteiger partial charge in [0.25, 0.3) is 5.91 Å². The van der Waals surface area contributed by atoms with Crippen LogP contribution < -0.4 is 10.1 Å². The number of ether oxygens (including phenoxy) is 1. The summed E-state index contributed by atoms with van der Waals surface area (Å²) >= 11 is 1.70. The van der Waals surface area contributed by atoms with Crippen molar-refractivity contribution in [2.75, 3.05) is 0 Å². The third-order valence-corrected chi connectivity index (χ3v) is 7.30. The number of carbonyl (C=O) groups is 1. The van der Waals surface area contributed by atoms with Gasteiger partial charge in [0.1, 0.15) is 11.4 Å². The van der Waals surface area contributed by atoms with Crippen LogP contribution in [0.1, 0.15) is 60.6 Å². The standard InChI is InChI=1S/C27H29NO2S/c1-3-27(4-2)18-23(21-14-8-10-16-24(21)30-27)28-26(29)22-15-9-11-17-25(22)31-19-20-12-6-5-7-13-20/h5-17,23H,3-4,18-19H2,1-2H3,(H,28,29)/t23-/m0/s1. The van der Waals surface area contributed by atoms with Crippen molar-refractivity contribution in [3.05, 3.63) is 95.6 Å². The largest absolute Gasteiger partial charge is 0.487 e. The Bertz CT molecular complexity index is 1030. The molecule has 1 N–H and O–H groups in total. The first-order chi connectivity index (χ1) is 15.1. The van der Waals surface area contributed by atoms with Crippen LogP contribution in [0, 0.1) is 0 Å². The van der Waals surface area contributed by atoms with E-state index in [1.165, 1.54) is 5.56 Å². The molecular weight excluding hydrogens is 402 g/mol. The first-order valence-corrected chi connectivity index (χ1v) is 12.0. The Morgan fingerprint density at radius 2 is 1.65 bits per heavy atom. The van der Waals surface area contributed by atoms with Crippen LogP contribution in [0.3, 0.4) is 0 Å². The highest BCUT2D eigenvalue weighted by molar-refractivity contribution is 7.98. The zero-order valence-electron chi connectivity index (χ0n) is 18.1. The molecule has 0 bridgehead atoms. The highest BCUT2D eigenvalue weighted by Gasteiger charge is 2.39. The van der Waals surface area contributed by atoms with Crippen LogP contribution in [-0.2, 0) is 5.75 Å². The van der Waals surface area contributed by atoms with Crippen LogP contribution in [0.15, 0.2) is 83.8 Å². The zero-order valence-corrected chi connectivity index (χ0v) is 19.0. The molecule has 1 heterocycles. The summed E-state index contributed by atoms with van der Waals surface area (Å²) in [7, 11) is 0. The molecule has 4 heteroatoms. The van der Waals surface area contributed by atoms with E-state index in [9.17, 15) is 4.79 Å². The fourth-order valence-corrected chi connectivity index (χ4v) is 5.19. The molecule has 1 aliphatic heterocycles. The minimum Gasteiger partial charge on any atom is -0.487 e. The lowest BCUT2D eigenvalue weighted by Gasteiger charge is -2.41. The molecule has 0 spiro atoms. The van der Waals surface area contributed by atoms with Crippen molar-refractivity contribution in [3.8, 4) is 5.75 Å². The maximum atomic E-state index is 13.4. The lowest BCUT2D eigenvalue weighted by molar-refractivity contribution is 0.0227. The highest BCUT2D eigenvalue weighted by atomic mass is 32.2. The Kier molecular flexibility index (Phi) is 6.67. The number of amides is 1. The average Bonchev–Trinajstić information content (AvgIpc) is 2.83. The van der Waals surface area contributed by atoms with Gasteiger partial charge < -0.3 is 10.1 Å². The minimum absolute atomic E-state index is 0.0287. The summed E-state index contributed by atoms with van der Waals surface area (Å²) in [5, 5.41) is 3.32. The Labute approximate surface area is 189 Å². The van der Waals surface area contributed by atoms with E-state index in [0.29, 0.717) is 0 Å². The topological polar surface area (TPSA) is 38.3 Å². The molecule has 160 valence electrons. The Balaban J connectivity index is 1.55. The van der Waals surface area contributed by atoms with Gasteiger partial charge in [-0.25, -0.2) is 0 Å². The number of thioether (sulfide) groups is 1. The summed E-state index contributed by atoms with van der Waals surface area (Å²) in [5.74, 6) is 1.69. The Hall–Kier alpha value is -2.72. The second kappa shape index (κ2) is 9.61. The fourth-order valence-electron chi connectivity index (χ4n) is 4.18. The first kappa shape index (κ1) is 21.5. The number of carbonyl (C=O) groups excluding carboxylic acids is 1. The van der Waals surface area contributed by atoms with Crippen LogP contribution in [0.4, 0.5) is 0 Å². The molecule has 3 aromatic carbocycles. The van der Waals surface area contributed by atoms with Gasteiger partial charge in [0.15, 0.2) is 0 Å². The van der Waals surface area contributed by atoms with E-state index in [2.05, 4.69) is 37.4 Å². The van der Waals surface area contributed by atoms with Crippen molar-refractivity contribution in [2.45, 2.75) is 55.4 Å². The third-order valence-electron chi connectivity index (χ3n) is 6.16. The van der Waals surface area contributed by atoms with Gasteiger partial charge in [0.05, 0.1) is 11.6 Å². The van der Waals surface area contributed by atoms with Gasteiger partial charge in [-0.2, -0.15) is 0 Å². The number of para-hydroxylation sites is 1. The molecule has 0 saturated heterocycles. The molecule has 4 rings (SSSR count). The first-order valence-electron chi connectivity index (χ1n) is 11.0. The normalized spacial score (nSPS) is 16.8. The van der Waals surface area contributed by atoms with Crippen molar-refractivity contribution in [3.63, 3.8) is 0 Å². The molecule has 0 aliphatic carbocycles. The summed E-state index contributed by atoms with van der Waals surface area (Å²) in [6, 6.07) is 26.2. The van der Waals surface area contributed by atoms with Gasteiger partial charge in [-0.3, -0.25) is 4.79 Å². The van der Waals surface area contributed by atoms with Crippen molar-refractivity contribution in [1.29, 1.82) is 0 Å².